The van der Waals surface area contributed by atoms with Gasteiger partial charge in [-0.15, -0.1) is 24.8 Å². The summed E-state index contributed by atoms with van der Waals surface area (Å²) in [6, 6.07) is 22.7. The standard InChI is InChI=1S/C45H52N4O7.2ClH/c1-30-26-37(27-39(54-4)42(30)31(2)50)33-8-12-35(13-9-33)44(52)48-22-18-46(19-23-48)16-7-17-47-20-24-49(25-21-47)45(53)36-14-10-34(11-15-36)38-28-40(55-5)43(32(3)51)41(29-38)56-6;;/h8-15,26-29H,7,16-25H2,1-6H3;2*1H. The molecule has 2 saturated heterocycles. The minimum atomic E-state index is -0.135. The first-order valence-electron chi connectivity index (χ1n) is 19.2. The first kappa shape index (κ1) is 45.8. The van der Waals surface area contributed by atoms with Crippen molar-refractivity contribution in [2.24, 2.45) is 0 Å². The molecule has 0 aliphatic carbocycles. The molecular formula is C45H54Cl2N4O7. The maximum atomic E-state index is 13.4. The van der Waals surface area contributed by atoms with Gasteiger partial charge in [0.05, 0.1) is 26.9 Å². The quantitative estimate of drug-likeness (QED) is 0.129. The summed E-state index contributed by atoms with van der Waals surface area (Å²) < 4.78 is 16.5. The average molecular weight is 834 g/mol. The molecule has 4 aromatic carbocycles. The molecule has 0 unspecified atom stereocenters. The van der Waals surface area contributed by atoms with Gasteiger partial charge in [-0.05, 0) is 111 Å². The molecule has 0 saturated carbocycles. The van der Waals surface area contributed by atoms with Gasteiger partial charge in [-0.25, -0.2) is 0 Å². The minimum absolute atomic E-state index is 0. The summed E-state index contributed by atoms with van der Waals surface area (Å²) in [6.07, 6.45) is 1.03. The van der Waals surface area contributed by atoms with Crippen LogP contribution in [0.2, 0.25) is 0 Å². The number of amides is 2. The summed E-state index contributed by atoms with van der Waals surface area (Å²) >= 11 is 0. The van der Waals surface area contributed by atoms with E-state index in [0.29, 0.717) is 65.7 Å². The largest absolute Gasteiger partial charge is 0.496 e. The SMILES string of the molecule is COc1cc(-c2ccc(C(=O)N3CCN(CCCN4CCN(C(=O)c5ccc(-c6cc(OC)c(C(C)=O)c(OC)c6)cc5)CC4)CC3)cc2)cc(C)c1C(C)=O.Cl.Cl. The van der Waals surface area contributed by atoms with Gasteiger partial charge in [0.25, 0.3) is 11.8 Å². The van der Waals surface area contributed by atoms with Crippen LogP contribution in [0, 0.1) is 6.92 Å². The Labute approximate surface area is 354 Å². The number of ether oxygens (including phenoxy) is 3. The van der Waals surface area contributed by atoms with Gasteiger partial charge in [0, 0.05) is 63.5 Å². The lowest BCUT2D eigenvalue weighted by molar-refractivity contribution is 0.0605. The molecule has 4 aromatic rings. The molecule has 13 heteroatoms. The number of piperazine rings is 2. The van der Waals surface area contributed by atoms with Gasteiger partial charge < -0.3 is 24.0 Å². The van der Waals surface area contributed by atoms with E-state index in [2.05, 4.69) is 9.80 Å². The molecule has 0 radical (unpaired) electrons. The van der Waals surface area contributed by atoms with E-state index in [0.717, 1.165) is 73.5 Å². The van der Waals surface area contributed by atoms with Crippen LogP contribution >= 0.6 is 24.8 Å². The van der Waals surface area contributed by atoms with Crippen molar-refractivity contribution in [1.29, 1.82) is 0 Å². The highest BCUT2D eigenvalue weighted by atomic mass is 35.5. The number of nitrogens with zero attached hydrogens (tertiary/aromatic N) is 4. The zero-order valence-corrected chi connectivity index (χ0v) is 35.8. The van der Waals surface area contributed by atoms with Crippen LogP contribution in [0.1, 0.15) is 67.3 Å². The smallest absolute Gasteiger partial charge is 0.253 e. The Bertz CT molecular complexity index is 2050. The fraction of sp³-hybridized carbons (Fsp3) is 0.378. The highest BCUT2D eigenvalue weighted by Crippen LogP contribution is 2.36. The molecular weight excluding hydrogens is 779 g/mol. The average Bonchev–Trinajstić information content (AvgIpc) is 3.22. The number of methoxy groups -OCH3 is 3. The lowest BCUT2D eigenvalue weighted by atomic mass is 9.96. The fourth-order valence-corrected chi connectivity index (χ4v) is 7.80. The van der Waals surface area contributed by atoms with Crippen LogP contribution in [-0.2, 0) is 0 Å². The first-order valence-corrected chi connectivity index (χ1v) is 19.2. The molecule has 2 fully saturated rings. The minimum Gasteiger partial charge on any atom is -0.496 e. The normalized spacial score (nSPS) is 14.5. The van der Waals surface area contributed by atoms with Crippen LogP contribution in [-0.4, -0.2) is 130 Å². The topological polar surface area (TPSA) is 109 Å². The predicted molar refractivity (Wildman–Crippen MR) is 232 cm³/mol. The first-order chi connectivity index (χ1) is 27.0. The molecule has 310 valence electrons. The molecule has 0 spiro atoms. The molecule has 0 atom stereocenters. The highest BCUT2D eigenvalue weighted by Gasteiger charge is 2.25. The molecule has 0 aromatic heterocycles. The molecule has 2 aliphatic heterocycles. The van der Waals surface area contributed by atoms with E-state index in [1.54, 1.807) is 14.0 Å². The fourth-order valence-electron chi connectivity index (χ4n) is 7.80. The van der Waals surface area contributed by atoms with Crippen molar-refractivity contribution < 1.29 is 33.4 Å². The van der Waals surface area contributed by atoms with Gasteiger partial charge in [0.15, 0.2) is 11.6 Å². The van der Waals surface area contributed by atoms with E-state index < -0.39 is 0 Å². The van der Waals surface area contributed by atoms with Gasteiger partial charge in [-0.3, -0.25) is 29.0 Å². The van der Waals surface area contributed by atoms with Crippen molar-refractivity contribution in [3.8, 4) is 39.5 Å². The number of ketones is 2. The Kier molecular flexibility index (Phi) is 16.3. The van der Waals surface area contributed by atoms with E-state index in [-0.39, 0.29) is 48.2 Å². The van der Waals surface area contributed by atoms with Gasteiger partial charge in [-0.2, -0.15) is 0 Å². The second-order valence-corrected chi connectivity index (χ2v) is 14.5. The van der Waals surface area contributed by atoms with Crippen LogP contribution in [0.5, 0.6) is 17.2 Å². The summed E-state index contributed by atoms with van der Waals surface area (Å²) in [4.78, 5) is 59.7. The summed E-state index contributed by atoms with van der Waals surface area (Å²) in [7, 11) is 4.63. The number of halogens is 2. The van der Waals surface area contributed by atoms with Crippen molar-refractivity contribution in [1.82, 2.24) is 19.6 Å². The number of rotatable bonds is 13. The molecule has 0 bridgehead atoms. The molecule has 2 aliphatic rings. The maximum absolute atomic E-state index is 13.4. The highest BCUT2D eigenvalue weighted by molar-refractivity contribution is 6.01. The second-order valence-electron chi connectivity index (χ2n) is 14.5. The number of aryl methyl sites for hydroxylation is 1. The monoisotopic (exact) mass is 832 g/mol. The van der Waals surface area contributed by atoms with Crippen LogP contribution < -0.4 is 14.2 Å². The number of hydrogen-bond donors (Lipinski definition) is 0. The molecule has 11 nitrogen and oxygen atoms in total. The summed E-state index contributed by atoms with van der Waals surface area (Å²) in [6.45, 7) is 13.0. The van der Waals surface area contributed by atoms with Gasteiger partial charge >= 0.3 is 0 Å². The van der Waals surface area contributed by atoms with Crippen LogP contribution in [0.15, 0.2) is 72.8 Å². The van der Waals surface area contributed by atoms with Crippen molar-refractivity contribution in [3.05, 3.63) is 101 Å². The Morgan fingerprint density at radius 3 is 1.19 bits per heavy atom. The van der Waals surface area contributed by atoms with Crippen LogP contribution in [0.25, 0.3) is 22.3 Å². The lowest BCUT2D eigenvalue weighted by Crippen LogP contribution is -2.50. The van der Waals surface area contributed by atoms with E-state index in [9.17, 15) is 19.2 Å². The summed E-state index contributed by atoms with van der Waals surface area (Å²) in [5.41, 5.74) is 6.80. The Balaban J connectivity index is 0.00000372. The third kappa shape index (κ3) is 10.4. The Morgan fingerprint density at radius 1 is 0.500 bits per heavy atom. The zero-order chi connectivity index (χ0) is 39.9. The van der Waals surface area contributed by atoms with Crippen molar-refractivity contribution in [2.75, 3.05) is 86.8 Å². The van der Waals surface area contributed by atoms with Crippen molar-refractivity contribution in [2.45, 2.75) is 27.2 Å². The van der Waals surface area contributed by atoms with Gasteiger partial charge in [0.1, 0.15) is 22.8 Å². The van der Waals surface area contributed by atoms with E-state index >= 15 is 0 Å². The second kappa shape index (κ2) is 20.7. The van der Waals surface area contributed by atoms with Crippen molar-refractivity contribution in [3.63, 3.8) is 0 Å². The molecule has 2 amide bonds. The molecule has 0 N–H and O–H groups in total. The predicted octanol–water partition coefficient (Wildman–Crippen LogP) is 7.21. The zero-order valence-electron chi connectivity index (χ0n) is 34.2. The Hall–Kier alpha value is -4.94. The van der Waals surface area contributed by atoms with Gasteiger partial charge in [0.2, 0.25) is 0 Å². The number of carbonyl (C=O) groups excluding carboxylic acids is 4. The van der Waals surface area contributed by atoms with E-state index in [4.69, 9.17) is 14.2 Å². The van der Waals surface area contributed by atoms with Crippen LogP contribution in [0.3, 0.4) is 0 Å². The van der Waals surface area contributed by atoms with Gasteiger partial charge in [-0.1, -0.05) is 30.3 Å². The van der Waals surface area contributed by atoms with E-state index in [1.165, 1.54) is 21.1 Å². The summed E-state index contributed by atoms with van der Waals surface area (Å²) in [5, 5.41) is 0. The lowest BCUT2D eigenvalue weighted by Gasteiger charge is -2.37. The number of Topliss-reactive ketones (excluding diaryl/α,β-unsaturated/α-hetero) is 2. The molecule has 2 heterocycles. The van der Waals surface area contributed by atoms with E-state index in [1.807, 2.05) is 89.5 Å². The molecule has 58 heavy (non-hydrogen) atoms. The number of carbonyl (C=O) groups is 4. The number of benzene rings is 4. The van der Waals surface area contributed by atoms with Crippen molar-refractivity contribution >= 4 is 48.2 Å². The summed E-state index contributed by atoms with van der Waals surface area (Å²) in [5.74, 6) is 1.36. The molecule has 6 rings (SSSR count). The third-order valence-corrected chi connectivity index (χ3v) is 10.9. The third-order valence-electron chi connectivity index (χ3n) is 10.9. The number of hydrogen-bond acceptors (Lipinski definition) is 9. The van der Waals surface area contributed by atoms with Crippen LogP contribution in [0.4, 0.5) is 0 Å². The maximum Gasteiger partial charge on any atom is 0.253 e. The Morgan fingerprint density at radius 2 is 0.845 bits per heavy atom.